The third-order valence-corrected chi connectivity index (χ3v) is 2.92. The van der Waals surface area contributed by atoms with Crippen LogP contribution in [-0.4, -0.2) is 15.9 Å². The molecule has 1 heterocycles. The zero-order valence-corrected chi connectivity index (χ0v) is 11.5. The summed E-state index contributed by atoms with van der Waals surface area (Å²) in [4.78, 5) is 19.8. The van der Waals surface area contributed by atoms with Gasteiger partial charge in [0.15, 0.2) is 5.82 Å². The fourth-order valence-corrected chi connectivity index (χ4v) is 1.60. The Bertz CT molecular complexity index is 607. The molecule has 2 aromatic rings. The van der Waals surface area contributed by atoms with Gasteiger partial charge in [0.1, 0.15) is 10.4 Å². The summed E-state index contributed by atoms with van der Waals surface area (Å²) in [5.41, 5.74) is 6.30. The second-order valence-corrected chi connectivity index (χ2v) is 4.66. The van der Waals surface area contributed by atoms with Crippen molar-refractivity contribution in [2.24, 2.45) is 0 Å². The highest BCUT2D eigenvalue weighted by molar-refractivity contribution is 9.10. The molecule has 1 amide bonds. The molecule has 19 heavy (non-hydrogen) atoms. The number of benzene rings is 1. The molecule has 0 aliphatic rings. The number of aromatic nitrogens is 2. The lowest BCUT2D eigenvalue weighted by molar-refractivity contribution is 0.102. The van der Waals surface area contributed by atoms with E-state index in [0.717, 1.165) is 6.07 Å². The van der Waals surface area contributed by atoms with E-state index in [9.17, 15) is 9.18 Å². The smallest absolute Gasteiger partial charge is 0.257 e. The van der Waals surface area contributed by atoms with Gasteiger partial charge in [-0.25, -0.2) is 14.4 Å². The third kappa shape index (κ3) is 3.05. The van der Waals surface area contributed by atoms with E-state index in [-0.39, 0.29) is 17.1 Å². The molecule has 0 spiro atoms. The van der Waals surface area contributed by atoms with Gasteiger partial charge in [0, 0.05) is 16.8 Å². The number of nitrogens with two attached hydrogens (primary N) is 1. The van der Waals surface area contributed by atoms with E-state index >= 15 is 0 Å². The third-order valence-electron chi connectivity index (χ3n) is 2.51. The van der Waals surface area contributed by atoms with Crippen LogP contribution in [0.3, 0.4) is 0 Å². The molecule has 0 aliphatic heterocycles. The van der Waals surface area contributed by atoms with Gasteiger partial charge in [-0.05, 0) is 35.0 Å². The van der Waals surface area contributed by atoms with Gasteiger partial charge in [0.05, 0.1) is 12.4 Å². The number of halogens is 2. The molecule has 2 rings (SSSR count). The van der Waals surface area contributed by atoms with Gasteiger partial charge in [0.2, 0.25) is 0 Å². The van der Waals surface area contributed by atoms with Crippen molar-refractivity contribution in [3.63, 3.8) is 0 Å². The number of nitrogens with one attached hydrogen (secondary N) is 1. The molecule has 3 N–H and O–H groups in total. The lowest BCUT2D eigenvalue weighted by Gasteiger charge is -2.07. The van der Waals surface area contributed by atoms with Crippen molar-refractivity contribution in [1.82, 2.24) is 9.97 Å². The van der Waals surface area contributed by atoms with Crippen molar-refractivity contribution in [2.75, 3.05) is 11.1 Å². The van der Waals surface area contributed by atoms with E-state index in [1.165, 1.54) is 18.5 Å². The number of amides is 1. The van der Waals surface area contributed by atoms with Crippen molar-refractivity contribution in [1.29, 1.82) is 0 Å². The first-order valence-electron chi connectivity index (χ1n) is 5.32. The topological polar surface area (TPSA) is 80.9 Å². The summed E-state index contributed by atoms with van der Waals surface area (Å²) in [5.74, 6) is -0.748. The number of nitrogen functional groups attached to an aromatic ring is 1. The first-order valence-corrected chi connectivity index (χ1v) is 6.11. The summed E-state index contributed by atoms with van der Waals surface area (Å²) < 4.78 is 14.0. The molecule has 0 aliphatic carbocycles. The van der Waals surface area contributed by atoms with Gasteiger partial charge in [0.25, 0.3) is 5.91 Å². The van der Waals surface area contributed by atoms with Crippen LogP contribution in [0.2, 0.25) is 0 Å². The fraction of sp³-hybridized carbons (Fsp3) is 0.0833. The first kappa shape index (κ1) is 13.4. The number of nitrogens with zero attached hydrogens (tertiary/aromatic N) is 2. The van der Waals surface area contributed by atoms with Crippen LogP contribution >= 0.6 is 15.9 Å². The van der Waals surface area contributed by atoms with Crippen LogP contribution in [-0.2, 0) is 0 Å². The van der Waals surface area contributed by atoms with Crippen LogP contribution in [0.4, 0.5) is 15.9 Å². The van der Waals surface area contributed by atoms with Crippen molar-refractivity contribution in [3.8, 4) is 0 Å². The van der Waals surface area contributed by atoms with Gasteiger partial charge < -0.3 is 11.1 Å². The summed E-state index contributed by atoms with van der Waals surface area (Å²) in [7, 11) is 0. The monoisotopic (exact) mass is 324 g/mol. The lowest BCUT2D eigenvalue weighted by Crippen LogP contribution is -2.14. The van der Waals surface area contributed by atoms with Crippen molar-refractivity contribution >= 4 is 33.3 Å². The Morgan fingerprint density at radius 3 is 2.68 bits per heavy atom. The van der Waals surface area contributed by atoms with E-state index < -0.39 is 11.7 Å². The molecule has 0 saturated carbocycles. The minimum Gasteiger partial charge on any atom is -0.398 e. The van der Waals surface area contributed by atoms with Gasteiger partial charge in [-0.15, -0.1) is 0 Å². The molecule has 7 heteroatoms. The Balaban J connectivity index is 2.23. The van der Waals surface area contributed by atoms with Crippen LogP contribution in [0.5, 0.6) is 0 Å². The first-order chi connectivity index (χ1) is 8.97. The number of hydrogen-bond acceptors (Lipinski definition) is 4. The highest BCUT2D eigenvalue weighted by Gasteiger charge is 2.12. The lowest BCUT2D eigenvalue weighted by atomic mass is 10.1. The number of hydrogen-bond donors (Lipinski definition) is 2. The summed E-state index contributed by atoms with van der Waals surface area (Å²) in [6, 6.07) is 2.55. The van der Waals surface area contributed by atoms with E-state index in [1.807, 2.05) is 0 Å². The number of carbonyl (C=O) groups is 1. The Morgan fingerprint density at radius 1 is 1.37 bits per heavy atom. The number of rotatable bonds is 2. The summed E-state index contributed by atoms with van der Waals surface area (Å²) in [6.45, 7) is 1.55. The predicted molar refractivity (Wildman–Crippen MR) is 73.2 cm³/mol. The molecule has 0 saturated heterocycles. The minimum absolute atomic E-state index is 0.130. The van der Waals surface area contributed by atoms with Crippen LogP contribution in [0.1, 0.15) is 15.9 Å². The van der Waals surface area contributed by atoms with E-state index in [2.05, 4.69) is 31.2 Å². The molecular weight excluding hydrogens is 315 g/mol. The van der Waals surface area contributed by atoms with Crippen molar-refractivity contribution < 1.29 is 9.18 Å². The Kier molecular flexibility index (Phi) is 3.75. The quantitative estimate of drug-likeness (QED) is 0.832. The Morgan fingerprint density at radius 2 is 2.11 bits per heavy atom. The summed E-state index contributed by atoms with van der Waals surface area (Å²) >= 11 is 3.13. The molecular formula is C12H10BrFN4O. The Hall–Kier alpha value is -2.02. The predicted octanol–water partition coefficient (Wildman–Crippen LogP) is 2.52. The summed E-state index contributed by atoms with van der Waals surface area (Å²) in [6.07, 6.45) is 2.83. The fourth-order valence-electron chi connectivity index (χ4n) is 1.40. The van der Waals surface area contributed by atoms with Crippen LogP contribution in [0.15, 0.2) is 29.1 Å². The maximum absolute atomic E-state index is 13.5. The molecule has 0 unspecified atom stereocenters. The summed E-state index contributed by atoms with van der Waals surface area (Å²) in [5, 5.41) is 2.50. The normalized spacial score (nSPS) is 10.3. The maximum Gasteiger partial charge on any atom is 0.257 e. The second-order valence-electron chi connectivity index (χ2n) is 3.85. The molecule has 0 fully saturated rings. The molecule has 0 atom stereocenters. The van der Waals surface area contributed by atoms with E-state index in [0.29, 0.717) is 10.2 Å². The van der Waals surface area contributed by atoms with Gasteiger partial charge in [-0.1, -0.05) is 0 Å². The van der Waals surface area contributed by atoms with Crippen molar-refractivity contribution in [2.45, 2.75) is 6.92 Å². The van der Waals surface area contributed by atoms with E-state index in [4.69, 9.17) is 5.73 Å². The van der Waals surface area contributed by atoms with Gasteiger partial charge in [-0.3, -0.25) is 4.79 Å². The highest BCUT2D eigenvalue weighted by Crippen LogP contribution is 2.18. The average molecular weight is 325 g/mol. The van der Waals surface area contributed by atoms with Crippen LogP contribution < -0.4 is 11.1 Å². The standard InChI is InChI=1S/C12H10BrFN4O/c1-6-8(14)2-7(3-9(6)15)12(19)18-11-5-16-10(13)4-17-11/h2-5H,15H2,1H3,(H,17,18,19). The molecule has 0 radical (unpaired) electrons. The number of anilines is 2. The van der Waals surface area contributed by atoms with Gasteiger partial charge in [-0.2, -0.15) is 0 Å². The Labute approximate surface area is 117 Å². The second kappa shape index (κ2) is 5.31. The average Bonchev–Trinajstić information content (AvgIpc) is 2.38. The highest BCUT2D eigenvalue weighted by atomic mass is 79.9. The zero-order valence-electron chi connectivity index (χ0n) is 9.95. The largest absolute Gasteiger partial charge is 0.398 e. The molecule has 0 bridgehead atoms. The zero-order chi connectivity index (χ0) is 14.0. The van der Waals surface area contributed by atoms with Crippen LogP contribution in [0, 0.1) is 12.7 Å². The molecule has 5 nitrogen and oxygen atoms in total. The minimum atomic E-state index is -0.521. The van der Waals surface area contributed by atoms with E-state index in [1.54, 1.807) is 6.92 Å². The van der Waals surface area contributed by atoms with Crippen molar-refractivity contribution in [3.05, 3.63) is 46.1 Å². The number of carbonyl (C=O) groups excluding carboxylic acids is 1. The molecule has 1 aromatic heterocycles. The molecule has 1 aromatic carbocycles. The maximum atomic E-state index is 13.5. The molecule has 98 valence electrons. The van der Waals surface area contributed by atoms with Gasteiger partial charge >= 0.3 is 0 Å². The SMILES string of the molecule is Cc1c(N)cc(C(=O)Nc2cnc(Br)cn2)cc1F. The van der Waals surface area contributed by atoms with Crippen LogP contribution in [0.25, 0.3) is 0 Å².